The number of fused-ring (bicyclic) bond motifs is 1. The molecule has 0 unspecified atom stereocenters. The number of benzene rings is 2. The predicted octanol–water partition coefficient (Wildman–Crippen LogP) is 1.97. The molecule has 0 saturated carbocycles. The van der Waals surface area contributed by atoms with Gasteiger partial charge in [-0.1, -0.05) is 23.7 Å². The Bertz CT molecular complexity index is 1540. The Labute approximate surface area is 187 Å². The summed E-state index contributed by atoms with van der Waals surface area (Å²) in [5, 5.41) is 10.9. The fourth-order valence-electron chi connectivity index (χ4n) is 3.53. The number of carbonyl (C=O) groups is 1. The highest BCUT2D eigenvalue weighted by Crippen LogP contribution is 2.37. The fraction of sp³-hybridized carbons (Fsp3) is 0.143. The second-order valence-corrected chi connectivity index (χ2v) is 7.58. The minimum Gasteiger partial charge on any atom is -0.545 e. The van der Waals surface area contributed by atoms with Crippen molar-refractivity contribution in [2.45, 2.75) is 12.7 Å². The molecule has 8 nitrogen and oxygen atoms in total. The van der Waals surface area contributed by atoms with E-state index in [4.69, 9.17) is 11.6 Å². The minimum absolute atomic E-state index is 0.157. The van der Waals surface area contributed by atoms with E-state index in [9.17, 15) is 32.7 Å². The number of aromatic nitrogens is 4. The molecule has 170 valence electrons. The molecule has 0 aliphatic carbocycles. The predicted molar refractivity (Wildman–Crippen MR) is 110 cm³/mol. The summed E-state index contributed by atoms with van der Waals surface area (Å²) in [5.41, 5.74) is -3.60. The first-order valence-electron chi connectivity index (χ1n) is 9.33. The van der Waals surface area contributed by atoms with Crippen molar-refractivity contribution in [3.63, 3.8) is 0 Å². The van der Waals surface area contributed by atoms with Gasteiger partial charge in [0.2, 0.25) is 0 Å². The van der Waals surface area contributed by atoms with Crippen molar-refractivity contribution in [2.75, 3.05) is 0 Å². The van der Waals surface area contributed by atoms with E-state index in [1.165, 1.54) is 24.5 Å². The molecule has 2 aromatic carbocycles. The Balaban J connectivity index is 1.96. The molecule has 0 fully saturated rings. The van der Waals surface area contributed by atoms with Crippen LogP contribution in [-0.4, -0.2) is 24.7 Å². The van der Waals surface area contributed by atoms with Crippen LogP contribution in [0.1, 0.15) is 21.5 Å². The number of carbonyl (C=O) groups excluding carboxylic acids is 1. The van der Waals surface area contributed by atoms with Crippen LogP contribution >= 0.6 is 11.6 Å². The maximum Gasteiger partial charge on any atom is 0.418 e. The Morgan fingerprint density at radius 3 is 2.58 bits per heavy atom. The lowest BCUT2D eigenvalue weighted by Gasteiger charge is -2.17. The van der Waals surface area contributed by atoms with Gasteiger partial charge in [-0.05, 0) is 29.8 Å². The summed E-state index contributed by atoms with van der Waals surface area (Å²) in [6, 6.07) is 7.89. The molecule has 4 aromatic rings. The lowest BCUT2D eigenvalue weighted by atomic mass is 10.1. The maximum atomic E-state index is 13.5. The summed E-state index contributed by atoms with van der Waals surface area (Å²) in [7, 11) is 1.75. The van der Waals surface area contributed by atoms with E-state index in [1.807, 2.05) is 0 Å². The number of halogens is 4. The Kier molecular flexibility index (Phi) is 5.36. The highest BCUT2D eigenvalue weighted by Gasteiger charge is 2.36. The smallest absolute Gasteiger partial charge is 0.418 e. The molecule has 0 saturated heterocycles. The number of alkyl halides is 3. The Morgan fingerprint density at radius 1 is 1.18 bits per heavy atom. The number of carboxylic acids is 1. The third-order valence-corrected chi connectivity index (χ3v) is 5.40. The average Bonchev–Trinajstić information content (AvgIpc) is 3.10. The third-order valence-electron chi connectivity index (χ3n) is 5.09. The largest absolute Gasteiger partial charge is 0.545 e. The number of nitrogens with zero attached hydrogens (tertiary/aromatic N) is 4. The molecule has 0 amide bonds. The fourth-order valence-corrected chi connectivity index (χ4v) is 3.83. The Morgan fingerprint density at radius 2 is 1.91 bits per heavy atom. The van der Waals surface area contributed by atoms with Crippen molar-refractivity contribution in [3.8, 4) is 5.69 Å². The normalized spacial score (nSPS) is 11.8. The number of hydrogen-bond acceptors (Lipinski definition) is 5. The highest BCUT2D eigenvalue weighted by atomic mass is 35.5. The molecule has 0 atom stereocenters. The van der Waals surface area contributed by atoms with Crippen molar-refractivity contribution in [3.05, 3.63) is 91.5 Å². The quantitative estimate of drug-likeness (QED) is 0.447. The van der Waals surface area contributed by atoms with Gasteiger partial charge < -0.3 is 14.5 Å². The van der Waals surface area contributed by atoms with Gasteiger partial charge in [-0.2, -0.15) is 13.2 Å². The van der Waals surface area contributed by atoms with E-state index in [0.29, 0.717) is 15.6 Å². The summed E-state index contributed by atoms with van der Waals surface area (Å²) < 4.78 is 43.6. The molecule has 33 heavy (non-hydrogen) atoms. The van der Waals surface area contributed by atoms with Crippen LogP contribution in [0, 0.1) is 0 Å². The standard InChI is InChI=1S/C21H14ClF3N4O4/c1-27-10-26-15-7-12(5-6-16(15)27)28-9-13(19(31)32)18(30)29(20(28)33)8-11-3-2-4-14(22)17(11)21(23,24)25/h2-7,9-10H,8H2,1H3,(H,31,32)/p-1. The first-order valence-corrected chi connectivity index (χ1v) is 9.70. The van der Waals surface area contributed by atoms with Crippen molar-refractivity contribution >= 4 is 28.6 Å². The number of imidazole rings is 1. The molecule has 0 N–H and O–H groups in total. The zero-order valence-corrected chi connectivity index (χ0v) is 17.5. The molecule has 4 rings (SSSR count). The SMILES string of the molecule is Cn1cnc2cc(-n3cc(C(=O)[O-])c(=O)n(Cc4cccc(Cl)c4C(F)(F)F)c3=O)ccc21. The zero-order valence-electron chi connectivity index (χ0n) is 16.8. The van der Waals surface area contributed by atoms with Crippen LogP contribution in [0.5, 0.6) is 0 Å². The van der Waals surface area contributed by atoms with Gasteiger partial charge in [0.1, 0.15) is 0 Å². The summed E-state index contributed by atoms with van der Waals surface area (Å²) in [6.07, 6.45) is -2.56. The molecule has 0 aliphatic rings. The molecule has 12 heteroatoms. The third kappa shape index (κ3) is 3.91. The van der Waals surface area contributed by atoms with Crippen LogP contribution in [0.4, 0.5) is 13.2 Å². The van der Waals surface area contributed by atoms with Crippen molar-refractivity contribution in [2.24, 2.45) is 7.05 Å². The van der Waals surface area contributed by atoms with Gasteiger partial charge in [-0.25, -0.2) is 9.78 Å². The van der Waals surface area contributed by atoms with Gasteiger partial charge >= 0.3 is 11.9 Å². The zero-order chi connectivity index (χ0) is 24.1. The van der Waals surface area contributed by atoms with Gasteiger partial charge in [0.05, 0.1) is 51.7 Å². The van der Waals surface area contributed by atoms with E-state index in [-0.39, 0.29) is 5.69 Å². The summed E-state index contributed by atoms with van der Waals surface area (Å²) in [5.74, 6) is -1.89. The first kappa shape index (κ1) is 22.3. The van der Waals surface area contributed by atoms with Crippen LogP contribution < -0.4 is 16.4 Å². The molecule has 2 heterocycles. The van der Waals surface area contributed by atoms with Gasteiger partial charge in [0, 0.05) is 13.2 Å². The monoisotopic (exact) mass is 477 g/mol. The van der Waals surface area contributed by atoms with Gasteiger partial charge in [0.25, 0.3) is 5.56 Å². The lowest BCUT2D eigenvalue weighted by Crippen LogP contribution is -2.44. The minimum atomic E-state index is -4.87. The number of carboxylic acid groups (broad SMARTS) is 1. The average molecular weight is 478 g/mol. The first-order chi connectivity index (χ1) is 15.5. The highest BCUT2D eigenvalue weighted by molar-refractivity contribution is 6.31. The second-order valence-electron chi connectivity index (χ2n) is 7.17. The van der Waals surface area contributed by atoms with Crippen LogP contribution in [0.3, 0.4) is 0 Å². The molecule has 0 aliphatic heterocycles. The molecule has 0 radical (unpaired) electrons. The summed E-state index contributed by atoms with van der Waals surface area (Å²) in [6.45, 7) is -0.861. The van der Waals surface area contributed by atoms with E-state index >= 15 is 0 Å². The summed E-state index contributed by atoms with van der Waals surface area (Å²) in [4.78, 5) is 41.5. The number of aromatic carboxylic acids is 1. The van der Waals surface area contributed by atoms with Crippen LogP contribution in [0.25, 0.3) is 16.7 Å². The van der Waals surface area contributed by atoms with Gasteiger partial charge in [0.15, 0.2) is 0 Å². The Hall–Kier alpha value is -3.86. The lowest BCUT2D eigenvalue weighted by molar-refractivity contribution is -0.255. The molecule has 2 aromatic heterocycles. The van der Waals surface area contributed by atoms with Crippen LogP contribution in [0.2, 0.25) is 5.02 Å². The van der Waals surface area contributed by atoms with Crippen LogP contribution in [0.15, 0.2) is 58.5 Å². The maximum absolute atomic E-state index is 13.5. The van der Waals surface area contributed by atoms with E-state index in [1.54, 1.807) is 17.7 Å². The number of hydrogen-bond donors (Lipinski definition) is 0. The van der Waals surface area contributed by atoms with E-state index in [0.717, 1.165) is 22.9 Å². The van der Waals surface area contributed by atoms with Crippen molar-refractivity contribution in [1.29, 1.82) is 0 Å². The second kappa shape index (κ2) is 7.93. The van der Waals surface area contributed by atoms with Gasteiger partial charge in [-0.3, -0.25) is 13.9 Å². The number of aryl methyl sites for hydroxylation is 1. The van der Waals surface area contributed by atoms with E-state index in [2.05, 4.69) is 4.98 Å². The van der Waals surface area contributed by atoms with Crippen LogP contribution in [-0.2, 0) is 19.8 Å². The van der Waals surface area contributed by atoms with Crippen molar-refractivity contribution in [1.82, 2.24) is 18.7 Å². The molecule has 0 spiro atoms. The van der Waals surface area contributed by atoms with Crippen molar-refractivity contribution < 1.29 is 23.1 Å². The molecular weight excluding hydrogens is 465 g/mol. The van der Waals surface area contributed by atoms with Gasteiger partial charge in [-0.15, -0.1) is 0 Å². The number of rotatable bonds is 4. The summed E-state index contributed by atoms with van der Waals surface area (Å²) >= 11 is 5.72. The molecular formula is C21H13ClF3N4O4-. The topological polar surface area (TPSA) is 102 Å². The molecule has 0 bridgehead atoms. The van der Waals surface area contributed by atoms with E-state index < -0.39 is 51.7 Å².